The standard InChI is InChI=1S/C18H21NS/c1-12-8-13(2)10-14(9-12)18(19-3)16-11-20-17-7-5-4-6-15(16)17/h4-10,16,18-19H,11H2,1-3H3. The molecular weight excluding hydrogens is 262 g/mol. The first kappa shape index (κ1) is 13.7. The molecule has 104 valence electrons. The second-order valence-corrected chi connectivity index (χ2v) is 6.70. The van der Waals surface area contributed by atoms with E-state index in [1.54, 1.807) is 0 Å². The minimum atomic E-state index is 0.393. The summed E-state index contributed by atoms with van der Waals surface area (Å²) in [5.41, 5.74) is 5.60. The predicted molar refractivity (Wildman–Crippen MR) is 87.6 cm³/mol. The number of aryl methyl sites for hydroxylation is 2. The van der Waals surface area contributed by atoms with Gasteiger partial charge in [0.2, 0.25) is 0 Å². The Morgan fingerprint density at radius 2 is 1.80 bits per heavy atom. The molecule has 20 heavy (non-hydrogen) atoms. The Hall–Kier alpha value is -1.25. The second kappa shape index (κ2) is 5.63. The number of benzene rings is 2. The number of hydrogen-bond donors (Lipinski definition) is 1. The van der Waals surface area contributed by atoms with Crippen LogP contribution in [-0.4, -0.2) is 12.8 Å². The van der Waals surface area contributed by atoms with E-state index in [0.717, 1.165) is 5.75 Å². The molecule has 0 aliphatic carbocycles. The van der Waals surface area contributed by atoms with Crippen LogP contribution in [0.1, 0.15) is 34.2 Å². The van der Waals surface area contributed by atoms with Crippen LogP contribution in [0.3, 0.4) is 0 Å². The van der Waals surface area contributed by atoms with E-state index in [4.69, 9.17) is 0 Å². The van der Waals surface area contributed by atoms with Crippen LogP contribution >= 0.6 is 11.8 Å². The van der Waals surface area contributed by atoms with E-state index in [-0.39, 0.29) is 0 Å². The summed E-state index contributed by atoms with van der Waals surface area (Å²) in [5.74, 6) is 1.72. The van der Waals surface area contributed by atoms with Crippen molar-refractivity contribution in [1.82, 2.24) is 5.32 Å². The summed E-state index contributed by atoms with van der Waals surface area (Å²) in [7, 11) is 2.08. The van der Waals surface area contributed by atoms with E-state index >= 15 is 0 Å². The van der Waals surface area contributed by atoms with Gasteiger partial charge in [-0.25, -0.2) is 0 Å². The smallest absolute Gasteiger partial charge is 0.0395 e. The molecule has 0 bridgehead atoms. The Balaban J connectivity index is 1.99. The highest BCUT2D eigenvalue weighted by Crippen LogP contribution is 2.45. The van der Waals surface area contributed by atoms with E-state index in [1.807, 2.05) is 11.8 Å². The third-order valence-electron chi connectivity index (χ3n) is 4.05. The number of likely N-dealkylation sites (N-methyl/N-ethyl adjacent to an activating group) is 1. The van der Waals surface area contributed by atoms with E-state index in [2.05, 4.69) is 68.7 Å². The number of rotatable bonds is 3. The molecule has 3 rings (SSSR count). The van der Waals surface area contributed by atoms with Gasteiger partial charge >= 0.3 is 0 Å². The molecule has 1 aliphatic rings. The lowest BCUT2D eigenvalue weighted by molar-refractivity contribution is 0.514. The van der Waals surface area contributed by atoms with Crippen molar-refractivity contribution >= 4 is 11.8 Å². The Morgan fingerprint density at radius 1 is 1.10 bits per heavy atom. The maximum absolute atomic E-state index is 3.54. The van der Waals surface area contributed by atoms with Gasteiger partial charge in [0.05, 0.1) is 0 Å². The predicted octanol–water partition coefficient (Wildman–Crippen LogP) is 4.45. The van der Waals surface area contributed by atoms with Crippen molar-refractivity contribution in [2.75, 3.05) is 12.8 Å². The minimum Gasteiger partial charge on any atom is -0.312 e. The Bertz CT molecular complexity index is 600. The lowest BCUT2D eigenvalue weighted by Crippen LogP contribution is -2.24. The first-order chi connectivity index (χ1) is 9.69. The van der Waals surface area contributed by atoms with Gasteiger partial charge in [-0.3, -0.25) is 0 Å². The zero-order valence-electron chi connectivity index (χ0n) is 12.3. The third-order valence-corrected chi connectivity index (χ3v) is 5.26. The topological polar surface area (TPSA) is 12.0 Å². The first-order valence-corrected chi connectivity index (χ1v) is 8.15. The SMILES string of the molecule is CNC(c1cc(C)cc(C)c1)C1CSc2ccccc21. The van der Waals surface area contributed by atoms with Gasteiger partial charge in [-0.05, 0) is 38.1 Å². The van der Waals surface area contributed by atoms with E-state index < -0.39 is 0 Å². The molecule has 0 radical (unpaired) electrons. The van der Waals surface area contributed by atoms with Crippen molar-refractivity contribution in [3.8, 4) is 0 Å². The molecule has 2 atom stereocenters. The van der Waals surface area contributed by atoms with E-state index in [1.165, 1.54) is 27.1 Å². The summed E-state index contributed by atoms with van der Waals surface area (Å²) in [5, 5.41) is 3.54. The molecule has 0 saturated carbocycles. The van der Waals surface area contributed by atoms with Crippen LogP contribution in [0.25, 0.3) is 0 Å². The van der Waals surface area contributed by atoms with Crippen LogP contribution in [0.15, 0.2) is 47.4 Å². The van der Waals surface area contributed by atoms with Crippen molar-refractivity contribution < 1.29 is 0 Å². The molecule has 0 fully saturated rings. The largest absolute Gasteiger partial charge is 0.312 e. The quantitative estimate of drug-likeness (QED) is 0.893. The number of thioether (sulfide) groups is 1. The lowest BCUT2D eigenvalue weighted by Gasteiger charge is -2.25. The Kier molecular flexibility index (Phi) is 3.86. The zero-order valence-corrected chi connectivity index (χ0v) is 13.1. The van der Waals surface area contributed by atoms with Crippen LogP contribution in [0, 0.1) is 13.8 Å². The van der Waals surface area contributed by atoms with Crippen molar-refractivity contribution in [2.45, 2.75) is 30.7 Å². The number of hydrogen-bond acceptors (Lipinski definition) is 2. The summed E-state index contributed by atoms with van der Waals surface area (Å²) in [6.07, 6.45) is 0. The molecule has 1 aliphatic heterocycles. The Morgan fingerprint density at radius 3 is 2.50 bits per heavy atom. The summed E-state index contributed by atoms with van der Waals surface area (Å²) >= 11 is 1.98. The second-order valence-electron chi connectivity index (χ2n) is 5.64. The third kappa shape index (κ3) is 2.50. The van der Waals surface area contributed by atoms with E-state index in [9.17, 15) is 0 Å². The fourth-order valence-corrected chi connectivity index (χ4v) is 4.55. The number of nitrogens with one attached hydrogen (secondary N) is 1. The molecule has 1 nitrogen and oxygen atoms in total. The Labute approximate surface area is 125 Å². The fourth-order valence-electron chi connectivity index (χ4n) is 3.25. The summed E-state index contributed by atoms with van der Waals surface area (Å²) in [6.45, 7) is 4.36. The highest BCUT2D eigenvalue weighted by Gasteiger charge is 2.30. The maximum Gasteiger partial charge on any atom is 0.0395 e. The van der Waals surface area contributed by atoms with Crippen molar-refractivity contribution in [3.05, 3.63) is 64.7 Å². The maximum atomic E-state index is 3.54. The molecule has 2 heteroatoms. The fraction of sp³-hybridized carbons (Fsp3) is 0.333. The molecule has 0 amide bonds. The zero-order chi connectivity index (χ0) is 14.1. The van der Waals surface area contributed by atoms with Gasteiger partial charge in [0, 0.05) is 22.6 Å². The summed E-state index contributed by atoms with van der Waals surface area (Å²) in [4.78, 5) is 1.45. The van der Waals surface area contributed by atoms with Crippen LogP contribution in [-0.2, 0) is 0 Å². The van der Waals surface area contributed by atoms with Crippen LogP contribution < -0.4 is 5.32 Å². The van der Waals surface area contributed by atoms with Gasteiger partial charge in [-0.15, -0.1) is 11.8 Å². The van der Waals surface area contributed by atoms with Gasteiger partial charge in [-0.1, -0.05) is 47.5 Å². The van der Waals surface area contributed by atoms with Gasteiger partial charge in [0.15, 0.2) is 0 Å². The van der Waals surface area contributed by atoms with E-state index in [0.29, 0.717) is 12.0 Å². The highest BCUT2D eigenvalue weighted by molar-refractivity contribution is 7.99. The molecule has 1 N–H and O–H groups in total. The van der Waals surface area contributed by atoms with Crippen molar-refractivity contribution in [2.24, 2.45) is 0 Å². The minimum absolute atomic E-state index is 0.393. The molecule has 2 aromatic carbocycles. The molecule has 2 aromatic rings. The van der Waals surface area contributed by atoms with Gasteiger partial charge in [0.25, 0.3) is 0 Å². The average molecular weight is 283 g/mol. The molecule has 0 saturated heterocycles. The summed E-state index contributed by atoms with van der Waals surface area (Å²) < 4.78 is 0. The first-order valence-electron chi connectivity index (χ1n) is 7.16. The lowest BCUT2D eigenvalue weighted by atomic mass is 9.87. The van der Waals surface area contributed by atoms with Gasteiger partial charge in [0.1, 0.15) is 0 Å². The molecule has 0 spiro atoms. The van der Waals surface area contributed by atoms with Gasteiger partial charge in [-0.2, -0.15) is 0 Å². The average Bonchev–Trinajstić information content (AvgIpc) is 2.83. The molecule has 0 aromatic heterocycles. The normalized spacial score (nSPS) is 18.9. The van der Waals surface area contributed by atoms with Crippen molar-refractivity contribution in [1.29, 1.82) is 0 Å². The van der Waals surface area contributed by atoms with Crippen LogP contribution in [0.5, 0.6) is 0 Å². The number of fused-ring (bicyclic) bond motifs is 1. The highest BCUT2D eigenvalue weighted by atomic mass is 32.2. The van der Waals surface area contributed by atoms with Crippen LogP contribution in [0.2, 0.25) is 0 Å². The monoisotopic (exact) mass is 283 g/mol. The van der Waals surface area contributed by atoms with Crippen molar-refractivity contribution in [3.63, 3.8) is 0 Å². The van der Waals surface area contributed by atoms with Crippen LogP contribution in [0.4, 0.5) is 0 Å². The molecular formula is C18H21NS. The molecule has 2 unspecified atom stereocenters. The van der Waals surface area contributed by atoms with Gasteiger partial charge < -0.3 is 5.32 Å². The summed E-state index contributed by atoms with van der Waals surface area (Å²) in [6, 6.07) is 16.1. The molecule has 1 heterocycles.